The van der Waals surface area contributed by atoms with E-state index in [1.165, 1.54) is 0 Å². The van der Waals surface area contributed by atoms with Gasteiger partial charge in [-0.25, -0.2) is 4.39 Å². The molecule has 0 aliphatic carbocycles. The van der Waals surface area contributed by atoms with E-state index in [4.69, 9.17) is 4.74 Å². The number of halogens is 2. The van der Waals surface area contributed by atoms with Gasteiger partial charge in [-0.15, -0.1) is 0 Å². The number of hydrogen-bond donors (Lipinski definition) is 1. The monoisotopic (exact) mass is 249 g/mol. The Labute approximate surface area is 95.8 Å². The summed E-state index contributed by atoms with van der Waals surface area (Å²) >= 11 is 3.92. The SMILES string of the molecule is O=[N+]([O-])c1cc(F)c(OCCCS)cc1F. The van der Waals surface area contributed by atoms with Crippen molar-refractivity contribution in [2.45, 2.75) is 6.42 Å². The van der Waals surface area contributed by atoms with E-state index in [1.807, 2.05) is 0 Å². The van der Waals surface area contributed by atoms with Crippen molar-refractivity contribution in [3.63, 3.8) is 0 Å². The Morgan fingerprint density at radius 1 is 1.38 bits per heavy atom. The number of thiol groups is 1. The predicted molar refractivity (Wildman–Crippen MR) is 57.0 cm³/mol. The molecule has 1 rings (SSSR count). The predicted octanol–water partition coefficient (Wildman–Crippen LogP) is 2.57. The zero-order valence-electron chi connectivity index (χ0n) is 8.15. The van der Waals surface area contributed by atoms with Gasteiger partial charge in [0.1, 0.15) is 0 Å². The van der Waals surface area contributed by atoms with Crippen LogP contribution in [0.1, 0.15) is 6.42 Å². The summed E-state index contributed by atoms with van der Waals surface area (Å²) < 4.78 is 31.2. The van der Waals surface area contributed by atoms with Crippen LogP contribution in [0.25, 0.3) is 0 Å². The number of nitro groups is 1. The van der Waals surface area contributed by atoms with Gasteiger partial charge in [-0.3, -0.25) is 10.1 Å². The van der Waals surface area contributed by atoms with Gasteiger partial charge in [0, 0.05) is 6.07 Å². The summed E-state index contributed by atoms with van der Waals surface area (Å²) in [5.74, 6) is -1.85. The van der Waals surface area contributed by atoms with Crippen molar-refractivity contribution in [2.24, 2.45) is 0 Å². The number of nitro benzene ring substituents is 1. The van der Waals surface area contributed by atoms with E-state index >= 15 is 0 Å². The number of benzene rings is 1. The van der Waals surface area contributed by atoms with Crippen LogP contribution in [-0.4, -0.2) is 17.3 Å². The molecule has 0 fully saturated rings. The number of ether oxygens (including phenoxy) is 1. The zero-order chi connectivity index (χ0) is 12.1. The fourth-order valence-electron chi connectivity index (χ4n) is 1.02. The molecule has 0 aliphatic rings. The number of nitrogens with zero attached hydrogens (tertiary/aromatic N) is 1. The van der Waals surface area contributed by atoms with Crippen LogP contribution < -0.4 is 4.74 Å². The Hall–Kier alpha value is -1.37. The third kappa shape index (κ3) is 3.06. The molecule has 7 heteroatoms. The molecule has 0 spiro atoms. The summed E-state index contributed by atoms with van der Waals surface area (Å²) in [7, 11) is 0. The van der Waals surface area contributed by atoms with Crippen molar-refractivity contribution in [3.8, 4) is 5.75 Å². The highest BCUT2D eigenvalue weighted by Gasteiger charge is 2.19. The summed E-state index contributed by atoms with van der Waals surface area (Å²) in [5.41, 5.74) is -0.904. The van der Waals surface area contributed by atoms with Gasteiger partial charge >= 0.3 is 5.69 Å². The molecule has 0 heterocycles. The van der Waals surface area contributed by atoms with Crippen molar-refractivity contribution < 1.29 is 18.4 Å². The van der Waals surface area contributed by atoms with Gasteiger partial charge < -0.3 is 4.74 Å². The number of hydrogen-bond acceptors (Lipinski definition) is 4. The van der Waals surface area contributed by atoms with Crippen molar-refractivity contribution in [3.05, 3.63) is 33.9 Å². The van der Waals surface area contributed by atoms with Crippen LogP contribution in [0, 0.1) is 21.7 Å². The van der Waals surface area contributed by atoms with Gasteiger partial charge in [0.25, 0.3) is 0 Å². The molecule has 4 nitrogen and oxygen atoms in total. The molecule has 88 valence electrons. The second-order valence-electron chi connectivity index (χ2n) is 2.92. The molecule has 0 bridgehead atoms. The summed E-state index contributed by atoms with van der Waals surface area (Å²) in [4.78, 5) is 9.30. The molecular weight excluding hydrogens is 240 g/mol. The molecule has 0 atom stereocenters. The van der Waals surface area contributed by atoms with E-state index in [0.717, 1.165) is 0 Å². The summed E-state index contributed by atoms with van der Waals surface area (Å²) in [6, 6.07) is 1.18. The molecule has 0 amide bonds. The van der Waals surface area contributed by atoms with Crippen LogP contribution in [0.4, 0.5) is 14.5 Å². The minimum Gasteiger partial charge on any atom is -0.490 e. The third-order valence-electron chi connectivity index (χ3n) is 1.76. The van der Waals surface area contributed by atoms with E-state index in [-0.39, 0.29) is 12.4 Å². The maximum atomic E-state index is 13.2. The van der Waals surface area contributed by atoms with Crippen LogP contribution in [-0.2, 0) is 0 Å². The number of rotatable bonds is 5. The van der Waals surface area contributed by atoms with Crippen LogP contribution in [0.5, 0.6) is 5.75 Å². The van der Waals surface area contributed by atoms with E-state index in [2.05, 4.69) is 12.6 Å². The van der Waals surface area contributed by atoms with Gasteiger partial charge in [-0.05, 0) is 12.2 Å². The lowest BCUT2D eigenvalue weighted by atomic mass is 10.3. The first-order chi connectivity index (χ1) is 7.56. The summed E-state index contributed by atoms with van der Waals surface area (Å²) in [5, 5.41) is 10.3. The van der Waals surface area contributed by atoms with Crippen LogP contribution in [0.15, 0.2) is 12.1 Å². The van der Waals surface area contributed by atoms with Crippen LogP contribution in [0.2, 0.25) is 0 Å². The largest absolute Gasteiger partial charge is 0.490 e. The summed E-state index contributed by atoms with van der Waals surface area (Å²) in [6.07, 6.45) is 0.571. The summed E-state index contributed by atoms with van der Waals surface area (Å²) in [6.45, 7) is 0.178. The highest BCUT2D eigenvalue weighted by Crippen LogP contribution is 2.26. The van der Waals surface area contributed by atoms with Gasteiger partial charge in [0.05, 0.1) is 17.6 Å². The minimum absolute atomic E-state index is 0.178. The quantitative estimate of drug-likeness (QED) is 0.377. The van der Waals surface area contributed by atoms with Gasteiger partial charge in [-0.2, -0.15) is 17.0 Å². The fourth-order valence-corrected chi connectivity index (χ4v) is 1.14. The second-order valence-corrected chi connectivity index (χ2v) is 3.36. The van der Waals surface area contributed by atoms with Gasteiger partial charge in [0.15, 0.2) is 11.6 Å². The molecule has 0 N–H and O–H groups in total. The third-order valence-corrected chi connectivity index (χ3v) is 2.07. The molecule has 0 saturated carbocycles. The minimum atomic E-state index is -1.12. The fraction of sp³-hybridized carbons (Fsp3) is 0.333. The van der Waals surface area contributed by atoms with E-state index in [0.29, 0.717) is 24.3 Å². The first kappa shape index (κ1) is 12.7. The van der Waals surface area contributed by atoms with Gasteiger partial charge in [0.2, 0.25) is 5.82 Å². The first-order valence-corrected chi connectivity index (χ1v) is 5.06. The average molecular weight is 249 g/mol. The van der Waals surface area contributed by atoms with Crippen molar-refractivity contribution in [2.75, 3.05) is 12.4 Å². The second kappa shape index (κ2) is 5.64. The molecule has 0 saturated heterocycles. The maximum Gasteiger partial charge on any atom is 0.307 e. The molecule has 16 heavy (non-hydrogen) atoms. The Morgan fingerprint density at radius 3 is 2.62 bits per heavy atom. The lowest BCUT2D eigenvalue weighted by Crippen LogP contribution is -2.02. The smallest absolute Gasteiger partial charge is 0.307 e. The lowest BCUT2D eigenvalue weighted by Gasteiger charge is -2.06. The van der Waals surface area contributed by atoms with Crippen molar-refractivity contribution in [1.82, 2.24) is 0 Å². The van der Waals surface area contributed by atoms with Crippen LogP contribution >= 0.6 is 12.6 Å². The normalized spacial score (nSPS) is 10.2. The zero-order valence-corrected chi connectivity index (χ0v) is 9.05. The molecule has 0 unspecified atom stereocenters. The van der Waals surface area contributed by atoms with E-state index < -0.39 is 22.2 Å². The van der Waals surface area contributed by atoms with Crippen molar-refractivity contribution in [1.29, 1.82) is 0 Å². The van der Waals surface area contributed by atoms with Gasteiger partial charge in [-0.1, -0.05) is 0 Å². The molecule has 0 radical (unpaired) electrons. The lowest BCUT2D eigenvalue weighted by molar-refractivity contribution is -0.387. The van der Waals surface area contributed by atoms with Crippen LogP contribution in [0.3, 0.4) is 0 Å². The maximum absolute atomic E-state index is 13.2. The average Bonchev–Trinajstić information content (AvgIpc) is 2.22. The molecule has 0 aromatic heterocycles. The molecule has 0 aliphatic heterocycles. The van der Waals surface area contributed by atoms with Crippen molar-refractivity contribution >= 4 is 18.3 Å². The van der Waals surface area contributed by atoms with E-state index in [1.54, 1.807) is 0 Å². The standard InChI is InChI=1S/C9H9F2NO3S/c10-6-5-9(15-2-1-3-16)7(11)4-8(6)12(13)14/h4-5,16H,1-3H2. The Bertz CT molecular complexity index is 401. The Balaban J connectivity index is 2.88. The van der Waals surface area contributed by atoms with E-state index in [9.17, 15) is 18.9 Å². The highest BCUT2D eigenvalue weighted by atomic mass is 32.1. The Kier molecular flexibility index (Phi) is 4.48. The topological polar surface area (TPSA) is 52.4 Å². The molecule has 1 aromatic carbocycles. The highest BCUT2D eigenvalue weighted by molar-refractivity contribution is 7.80. The molecule has 1 aromatic rings. The molecular formula is C9H9F2NO3S. The Morgan fingerprint density at radius 2 is 2.06 bits per heavy atom. The first-order valence-electron chi connectivity index (χ1n) is 4.43.